The minimum Gasteiger partial charge on any atom is -0.453 e. The van der Waals surface area contributed by atoms with E-state index < -0.39 is 6.09 Å². The van der Waals surface area contributed by atoms with Crippen molar-refractivity contribution in [3.05, 3.63) is 49.4 Å². The SMILES string of the molecule is CNC(=O)c1c(NC(=O)c2ccccc2I)sc2c1CCN(C(=O)OC)C2. The van der Waals surface area contributed by atoms with Gasteiger partial charge in [0.05, 0.1) is 24.8 Å². The number of thiophene rings is 1. The summed E-state index contributed by atoms with van der Waals surface area (Å²) in [6, 6.07) is 7.25. The first-order chi connectivity index (χ1) is 13.0. The zero-order valence-electron chi connectivity index (χ0n) is 14.8. The van der Waals surface area contributed by atoms with Crippen LogP contribution in [0.1, 0.15) is 31.2 Å². The van der Waals surface area contributed by atoms with Gasteiger partial charge in [-0.25, -0.2) is 4.79 Å². The second-order valence-corrected chi connectivity index (χ2v) is 8.13. The van der Waals surface area contributed by atoms with E-state index in [1.807, 2.05) is 12.1 Å². The van der Waals surface area contributed by atoms with Gasteiger partial charge in [0.15, 0.2) is 0 Å². The maximum absolute atomic E-state index is 12.7. The van der Waals surface area contributed by atoms with E-state index in [-0.39, 0.29) is 11.8 Å². The highest BCUT2D eigenvalue weighted by atomic mass is 127. The van der Waals surface area contributed by atoms with Gasteiger partial charge >= 0.3 is 6.09 Å². The highest BCUT2D eigenvalue weighted by molar-refractivity contribution is 14.1. The molecule has 2 aromatic rings. The van der Waals surface area contributed by atoms with Crippen LogP contribution in [0.25, 0.3) is 0 Å². The molecule has 0 unspecified atom stereocenters. The fourth-order valence-corrected chi connectivity index (χ4v) is 4.85. The van der Waals surface area contributed by atoms with E-state index in [0.717, 1.165) is 14.0 Å². The molecule has 0 atom stereocenters. The third-order valence-corrected chi connectivity index (χ3v) is 6.36. The molecule has 27 heavy (non-hydrogen) atoms. The number of halogens is 1. The Balaban J connectivity index is 1.95. The number of carbonyl (C=O) groups excluding carboxylic acids is 3. The number of amides is 3. The number of benzene rings is 1. The molecular weight excluding hydrogens is 481 g/mol. The average molecular weight is 499 g/mol. The second-order valence-electron chi connectivity index (χ2n) is 5.86. The Hall–Kier alpha value is -2.14. The monoisotopic (exact) mass is 499 g/mol. The van der Waals surface area contributed by atoms with E-state index in [4.69, 9.17) is 4.74 Å². The van der Waals surface area contributed by atoms with Crippen molar-refractivity contribution in [3.8, 4) is 0 Å². The summed E-state index contributed by atoms with van der Waals surface area (Å²) in [7, 11) is 2.90. The minimum atomic E-state index is -0.403. The first kappa shape index (κ1) is 19.6. The van der Waals surface area contributed by atoms with Crippen LogP contribution in [-0.2, 0) is 17.7 Å². The van der Waals surface area contributed by atoms with Crippen LogP contribution < -0.4 is 10.6 Å². The van der Waals surface area contributed by atoms with E-state index >= 15 is 0 Å². The van der Waals surface area contributed by atoms with Gasteiger partial charge in [0, 0.05) is 22.0 Å². The Labute approximate surface area is 174 Å². The lowest BCUT2D eigenvalue weighted by molar-refractivity contribution is 0.0962. The molecule has 1 aromatic carbocycles. The third-order valence-electron chi connectivity index (χ3n) is 4.29. The van der Waals surface area contributed by atoms with Crippen molar-refractivity contribution in [1.29, 1.82) is 0 Å². The lowest BCUT2D eigenvalue weighted by atomic mass is 10.0. The molecule has 0 spiro atoms. The summed E-state index contributed by atoms with van der Waals surface area (Å²) < 4.78 is 5.61. The zero-order chi connectivity index (χ0) is 19.6. The molecule has 0 saturated heterocycles. The van der Waals surface area contributed by atoms with Gasteiger partial charge < -0.3 is 20.3 Å². The Morgan fingerprint density at radius 3 is 2.63 bits per heavy atom. The largest absolute Gasteiger partial charge is 0.453 e. The van der Waals surface area contributed by atoms with Crippen molar-refractivity contribution in [2.45, 2.75) is 13.0 Å². The minimum absolute atomic E-state index is 0.253. The topological polar surface area (TPSA) is 87.7 Å². The molecule has 7 nitrogen and oxygen atoms in total. The summed E-state index contributed by atoms with van der Waals surface area (Å²) in [6.45, 7) is 0.819. The molecule has 0 fully saturated rings. The Morgan fingerprint density at radius 2 is 1.96 bits per heavy atom. The molecule has 0 radical (unpaired) electrons. The van der Waals surface area contributed by atoms with Gasteiger partial charge in [-0.3, -0.25) is 9.59 Å². The standard InChI is InChI=1S/C18H18IN3O4S/c1-20-16(24)14-11-7-8-22(18(25)26-2)9-13(11)27-17(14)21-15(23)10-5-3-4-6-12(10)19/h3-6H,7-9H2,1-2H3,(H,20,24)(H,21,23). The highest BCUT2D eigenvalue weighted by Gasteiger charge is 2.30. The number of fused-ring (bicyclic) bond motifs is 1. The van der Waals surface area contributed by atoms with Crippen LogP contribution >= 0.6 is 33.9 Å². The van der Waals surface area contributed by atoms with Crippen LogP contribution in [0.15, 0.2) is 24.3 Å². The fraction of sp³-hybridized carbons (Fsp3) is 0.278. The van der Waals surface area contributed by atoms with Crippen LogP contribution in [-0.4, -0.2) is 43.5 Å². The van der Waals surface area contributed by atoms with Crippen LogP contribution in [0.2, 0.25) is 0 Å². The zero-order valence-corrected chi connectivity index (χ0v) is 17.8. The van der Waals surface area contributed by atoms with Crippen LogP contribution in [0.5, 0.6) is 0 Å². The molecule has 1 aliphatic heterocycles. The van der Waals surface area contributed by atoms with Crippen molar-refractivity contribution in [3.63, 3.8) is 0 Å². The van der Waals surface area contributed by atoms with Gasteiger partial charge in [0.1, 0.15) is 5.00 Å². The number of hydrogen-bond donors (Lipinski definition) is 2. The number of nitrogens with zero attached hydrogens (tertiary/aromatic N) is 1. The molecule has 142 valence electrons. The first-order valence-electron chi connectivity index (χ1n) is 8.21. The van der Waals surface area contributed by atoms with E-state index in [1.165, 1.54) is 18.4 Å². The normalized spacial score (nSPS) is 12.9. The van der Waals surface area contributed by atoms with E-state index in [0.29, 0.717) is 35.6 Å². The van der Waals surface area contributed by atoms with Gasteiger partial charge in [-0.1, -0.05) is 12.1 Å². The molecule has 1 aromatic heterocycles. The van der Waals surface area contributed by atoms with Crippen molar-refractivity contribution in [2.75, 3.05) is 26.0 Å². The predicted octanol–water partition coefficient (Wildman–Crippen LogP) is 3.09. The molecular formula is C18H18IN3O4S. The molecule has 2 heterocycles. The number of ether oxygens (including phenoxy) is 1. The Bertz CT molecular complexity index is 912. The summed E-state index contributed by atoms with van der Waals surface area (Å²) in [5, 5.41) is 6.01. The van der Waals surface area contributed by atoms with Crippen molar-refractivity contribution < 1.29 is 19.1 Å². The number of hydrogen-bond acceptors (Lipinski definition) is 5. The lowest BCUT2D eigenvalue weighted by Gasteiger charge is -2.25. The lowest BCUT2D eigenvalue weighted by Crippen LogP contribution is -2.35. The van der Waals surface area contributed by atoms with E-state index in [1.54, 1.807) is 24.1 Å². The van der Waals surface area contributed by atoms with Gasteiger partial charge in [0.2, 0.25) is 0 Å². The summed E-state index contributed by atoms with van der Waals surface area (Å²) in [4.78, 5) is 39.4. The van der Waals surface area contributed by atoms with Gasteiger partial charge in [0.25, 0.3) is 11.8 Å². The van der Waals surface area contributed by atoms with Crippen molar-refractivity contribution >= 4 is 56.8 Å². The smallest absolute Gasteiger partial charge is 0.409 e. The Morgan fingerprint density at radius 1 is 1.22 bits per heavy atom. The maximum atomic E-state index is 12.7. The van der Waals surface area contributed by atoms with Crippen molar-refractivity contribution in [2.24, 2.45) is 0 Å². The molecule has 0 saturated carbocycles. The molecule has 0 bridgehead atoms. The van der Waals surface area contributed by atoms with E-state index in [2.05, 4.69) is 33.2 Å². The van der Waals surface area contributed by atoms with Crippen molar-refractivity contribution in [1.82, 2.24) is 10.2 Å². The molecule has 3 rings (SSSR count). The van der Waals surface area contributed by atoms with Gasteiger partial charge in [-0.05, 0) is 46.7 Å². The quantitative estimate of drug-likeness (QED) is 0.636. The third kappa shape index (κ3) is 3.93. The maximum Gasteiger partial charge on any atom is 0.409 e. The van der Waals surface area contributed by atoms with Gasteiger partial charge in [-0.2, -0.15) is 0 Å². The number of nitrogens with one attached hydrogen (secondary N) is 2. The van der Waals surface area contributed by atoms with Gasteiger partial charge in [-0.15, -0.1) is 11.3 Å². The molecule has 0 aliphatic carbocycles. The van der Waals surface area contributed by atoms with Crippen LogP contribution in [0.3, 0.4) is 0 Å². The second kappa shape index (κ2) is 8.26. The highest BCUT2D eigenvalue weighted by Crippen LogP contribution is 2.37. The summed E-state index contributed by atoms with van der Waals surface area (Å²) in [5.74, 6) is -0.523. The Kier molecular flexibility index (Phi) is 6.00. The summed E-state index contributed by atoms with van der Waals surface area (Å²) >= 11 is 3.43. The van der Waals surface area contributed by atoms with E-state index in [9.17, 15) is 14.4 Å². The number of methoxy groups -OCH3 is 1. The van der Waals surface area contributed by atoms with Crippen LogP contribution in [0.4, 0.5) is 9.80 Å². The first-order valence-corrected chi connectivity index (χ1v) is 10.1. The average Bonchev–Trinajstić information content (AvgIpc) is 3.03. The summed E-state index contributed by atoms with van der Waals surface area (Å²) in [6.07, 6.45) is 0.127. The number of anilines is 1. The predicted molar refractivity (Wildman–Crippen MR) is 111 cm³/mol. The number of rotatable bonds is 3. The summed E-state index contributed by atoms with van der Waals surface area (Å²) in [5.41, 5.74) is 1.89. The molecule has 2 N–H and O–H groups in total. The molecule has 9 heteroatoms. The molecule has 3 amide bonds. The van der Waals surface area contributed by atoms with Crippen LogP contribution in [0, 0.1) is 3.57 Å². The fourth-order valence-electron chi connectivity index (χ4n) is 2.96. The molecule has 1 aliphatic rings. The number of carbonyl (C=O) groups is 3.